The van der Waals surface area contributed by atoms with Crippen LogP contribution in [0.5, 0.6) is 0 Å². The molecule has 2 heterocycles. The van der Waals surface area contributed by atoms with Crippen LogP contribution >= 0.6 is 11.3 Å². The van der Waals surface area contributed by atoms with E-state index in [4.69, 9.17) is 5.73 Å². The van der Waals surface area contributed by atoms with Gasteiger partial charge in [-0.15, -0.1) is 11.3 Å². The van der Waals surface area contributed by atoms with Crippen molar-refractivity contribution in [3.8, 4) is 0 Å². The normalized spacial score (nSPS) is 25.3. The minimum Gasteiger partial charge on any atom is -0.329 e. The topological polar surface area (TPSA) is 42.2 Å². The van der Waals surface area contributed by atoms with Crippen molar-refractivity contribution in [2.24, 2.45) is 5.73 Å². The molecule has 1 aliphatic rings. The van der Waals surface area contributed by atoms with Gasteiger partial charge in [0.2, 0.25) is 0 Å². The summed E-state index contributed by atoms with van der Waals surface area (Å²) >= 11 is 1.74. The Kier molecular flexibility index (Phi) is 3.72. The van der Waals surface area contributed by atoms with Gasteiger partial charge in [0.15, 0.2) is 0 Å². The molecule has 1 fully saturated rings. The molecule has 0 bridgehead atoms. The van der Waals surface area contributed by atoms with E-state index in [1.54, 1.807) is 11.3 Å². The third-order valence-corrected chi connectivity index (χ3v) is 4.20. The van der Waals surface area contributed by atoms with Gasteiger partial charge < -0.3 is 5.73 Å². The van der Waals surface area contributed by atoms with E-state index < -0.39 is 0 Å². The van der Waals surface area contributed by atoms with Gasteiger partial charge in [0.25, 0.3) is 0 Å². The van der Waals surface area contributed by atoms with Gasteiger partial charge in [-0.3, -0.25) is 4.90 Å². The van der Waals surface area contributed by atoms with Crippen molar-refractivity contribution in [1.82, 2.24) is 9.88 Å². The highest BCUT2D eigenvalue weighted by Crippen LogP contribution is 2.28. The average molecular weight is 225 g/mol. The van der Waals surface area contributed by atoms with Crippen LogP contribution < -0.4 is 5.73 Å². The zero-order valence-corrected chi connectivity index (χ0v) is 10.0. The molecule has 0 amide bonds. The second-order valence-electron chi connectivity index (χ2n) is 4.17. The van der Waals surface area contributed by atoms with Gasteiger partial charge in [-0.05, 0) is 26.3 Å². The first-order valence-electron chi connectivity index (χ1n) is 5.68. The van der Waals surface area contributed by atoms with Gasteiger partial charge in [-0.1, -0.05) is 6.42 Å². The lowest BCUT2D eigenvalue weighted by Gasteiger charge is -2.38. The van der Waals surface area contributed by atoms with Crippen LogP contribution in [0.2, 0.25) is 0 Å². The van der Waals surface area contributed by atoms with Gasteiger partial charge in [0.05, 0.1) is 6.04 Å². The van der Waals surface area contributed by atoms with Gasteiger partial charge in [0, 0.05) is 24.2 Å². The van der Waals surface area contributed by atoms with Crippen LogP contribution in [-0.2, 0) is 0 Å². The molecule has 1 aliphatic heterocycles. The maximum atomic E-state index is 5.83. The summed E-state index contributed by atoms with van der Waals surface area (Å²) in [6.45, 7) is 4.19. The van der Waals surface area contributed by atoms with Crippen molar-refractivity contribution in [2.75, 3.05) is 13.1 Å². The summed E-state index contributed by atoms with van der Waals surface area (Å²) in [5.74, 6) is 0. The van der Waals surface area contributed by atoms with Crippen molar-refractivity contribution < 1.29 is 0 Å². The Hall–Kier alpha value is -0.450. The van der Waals surface area contributed by atoms with Crippen molar-refractivity contribution in [2.45, 2.75) is 38.3 Å². The number of hydrogen-bond acceptors (Lipinski definition) is 4. The Morgan fingerprint density at radius 1 is 1.67 bits per heavy atom. The molecule has 84 valence electrons. The summed E-state index contributed by atoms with van der Waals surface area (Å²) < 4.78 is 0. The number of thiazole rings is 1. The molecule has 0 unspecified atom stereocenters. The maximum Gasteiger partial charge on any atom is 0.109 e. The quantitative estimate of drug-likeness (QED) is 0.855. The van der Waals surface area contributed by atoms with Crippen LogP contribution in [-0.4, -0.2) is 29.0 Å². The maximum absolute atomic E-state index is 5.83. The molecule has 0 spiro atoms. The smallest absolute Gasteiger partial charge is 0.109 e. The highest BCUT2D eigenvalue weighted by molar-refractivity contribution is 7.09. The molecule has 0 radical (unpaired) electrons. The zero-order valence-electron chi connectivity index (χ0n) is 9.22. The van der Waals surface area contributed by atoms with E-state index in [0.29, 0.717) is 12.1 Å². The first kappa shape index (κ1) is 11.0. The fraction of sp³-hybridized carbons (Fsp3) is 0.727. The summed E-state index contributed by atoms with van der Waals surface area (Å²) in [7, 11) is 0. The van der Waals surface area contributed by atoms with Crippen LogP contribution in [0.15, 0.2) is 11.6 Å². The molecule has 2 N–H and O–H groups in total. The SMILES string of the molecule is C[C@H](c1nccs1)N1CCCC[C@H]1CN. The van der Waals surface area contributed by atoms with E-state index in [1.807, 2.05) is 11.6 Å². The number of likely N-dealkylation sites (tertiary alicyclic amines) is 1. The third-order valence-electron chi connectivity index (χ3n) is 3.25. The Labute approximate surface area is 95.3 Å². The Morgan fingerprint density at radius 3 is 3.20 bits per heavy atom. The molecule has 0 aromatic carbocycles. The number of nitrogens with zero attached hydrogens (tertiary/aromatic N) is 2. The van der Waals surface area contributed by atoms with Crippen molar-refractivity contribution in [3.05, 3.63) is 16.6 Å². The van der Waals surface area contributed by atoms with Crippen molar-refractivity contribution in [3.63, 3.8) is 0 Å². The molecule has 15 heavy (non-hydrogen) atoms. The third kappa shape index (κ3) is 2.38. The van der Waals surface area contributed by atoms with Gasteiger partial charge >= 0.3 is 0 Å². The second-order valence-corrected chi connectivity index (χ2v) is 5.10. The zero-order chi connectivity index (χ0) is 10.7. The van der Waals surface area contributed by atoms with E-state index in [0.717, 1.165) is 6.54 Å². The lowest BCUT2D eigenvalue weighted by molar-refractivity contribution is 0.108. The van der Waals surface area contributed by atoms with E-state index in [2.05, 4.69) is 16.8 Å². The van der Waals surface area contributed by atoms with Crippen LogP contribution in [0.25, 0.3) is 0 Å². The van der Waals surface area contributed by atoms with Crippen LogP contribution in [0.3, 0.4) is 0 Å². The average Bonchev–Trinajstić information content (AvgIpc) is 2.81. The summed E-state index contributed by atoms with van der Waals surface area (Å²) in [5.41, 5.74) is 5.83. The Morgan fingerprint density at radius 2 is 2.53 bits per heavy atom. The highest BCUT2D eigenvalue weighted by Gasteiger charge is 2.27. The monoisotopic (exact) mass is 225 g/mol. The van der Waals surface area contributed by atoms with E-state index in [9.17, 15) is 0 Å². The minimum absolute atomic E-state index is 0.429. The van der Waals surface area contributed by atoms with Crippen molar-refractivity contribution >= 4 is 11.3 Å². The van der Waals surface area contributed by atoms with E-state index in [-0.39, 0.29) is 0 Å². The number of aromatic nitrogens is 1. The Balaban J connectivity index is 2.07. The number of hydrogen-bond donors (Lipinski definition) is 1. The molecule has 4 heteroatoms. The molecular weight excluding hydrogens is 206 g/mol. The molecule has 2 atom stereocenters. The van der Waals surface area contributed by atoms with E-state index >= 15 is 0 Å². The van der Waals surface area contributed by atoms with E-state index in [1.165, 1.54) is 30.8 Å². The standard InChI is InChI=1S/C11H19N3S/c1-9(11-13-5-7-15-11)14-6-3-2-4-10(14)8-12/h5,7,9-10H,2-4,6,8,12H2,1H3/t9-,10+/m1/s1. The first-order valence-corrected chi connectivity index (χ1v) is 6.56. The highest BCUT2D eigenvalue weighted by atomic mass is 32.1. The van der Waals surface area contributed by atoms with Crippen LogP contribution in [0.4, 0.5) is 0 Å². The van der Waals surface area contributed by atoms with Gasteiger partial charge in [-0.25, -0.2) is 4.98 Å². The Bertz CT molecular complexity index is 286. The molecule has 1 aromatic rings. The summed E-state index contributed by atoms with van der Waals surface area (Å²) in [5, 5.41) is 3.27. The fourth-order valence-electron chi connectivity index (χ4n) is 2.37. The minimum atomic E-state index is 0.429. The fourth-order valence-corrected chi connectivity index (χ4v) is 3.08. The molecule has 0 aliphatic carbocycles. The lowest BCUT2D eigenvalue weighted by atomic mass is 10.0. The molecular formula is C11H19N3S. The van der Waals surface area contributed by atoms with Gasteiger partial charge in [0.1, 0.15) is 5.01 Å². The predicted molar refractivity (Wildman–Crippen MR) is 63.9 cm³/mol. The summed E-state index contributed by atoms with van der Waals surface area (Å²) in [6.07, 6.45) is 5.75. The first-order chi connectivity index (χ1) is 7.33. The van der Waals surface area contributed by atoms with Gasteiger partial charge in [-0.2, -0.15) is 0 Å². The molecule has 3 nitrogen and oxygen atoms in total. The largest absolute Gasteiger partial charge is 0.329 e. The number of piperidine rings is 1. The molecule has 0 saturated carbocycles. The van der Waals surface area contributed by atoms with Crippen LogP contribution in [0.1, 0.15) is 37.2 Å². The van der Waals surface area contributed by atoms with Crippen LogP contribution in [0, 0.1) is 0 Å². The predicted octanol–water partition coefficient (Wildman–Crippen LogP) is 2.02. The number of nitrogens with two attached hydrogens (primary N) is 1. The summed E-state index contributed by atoms with van der Waals surface area (Å²) in [6, 6.07) is 0.983. The molecule has 1 aromatic heterocycles. The number of rotatable bonds is 3. The molecule has 2 rings (SSSR count). The molecule has 1 saturated heterocycles. The summed E-state index contributed by atoms with van der Waals surface area (Å²) in [4.78, 5) is 6.91. The van der Waals surface area contributed by atoms with Crippen molar-refractivity contribution in [1.29, 1.82) is 0 Å². The second kappa shape index (κ2) is 5.05. The lowest BCUT2D eigenvalue weighted by Crippen LogP contribution is -2.45.